The Kier molecular flexibility index (Phi) is 3.68. The fourth-order valence-electron chi connectivity index (χ4n) is 2.19. The van der Waals surface area contributed by atoms with Gasteiger partial charge in [-0.3, -0.25) is 9.69 Å². The summed E-state index contributed by atoms with van der Waals surface area (Å²) in [5.74, 6) is -0.117. The van der Waals surface area contributed by atoms with Crippen LogP contribution in [0.2, 0.25) is 0 Å². The lowest BCUT2D eigenvalue weighted by molar-refractivity contribution is -0.128. The maximum Gasteiger partial charge on any atom is 0.484 e. The van der Waals surface area contributed by atoms with Gasteiger partial charge in [-0.1, -0.05) is 6.92 Å². The molecule has 1 aromatic rings. The number of hydrogen-bond donors (Lipinski definition) is 1. The average Bonchev–Trinajstić information content (AvgIpc) is 2.71. The lowest BCUT2D eigenvalue weighted by Gasteiger charge is -2.22. The van der Waals surface area contributed by atoms with Gasteiger partial charge in [-0.15, -0.1) is 0 Å². The summed E-state index contributed by atoms with van der Waals surface area (Å²) in [6, 6.07) is 4.54. The van der Waals surface area contributed by atoms with Gasteiger partial charge in [-0.2, -0.15) is 13.2 Å². The number of halogens is 3. The van der Waals surface area contributed by atoms with Crippen LogP contribution in [0.4, 0.5) is 24.5 Å². The highest BCUT2D eigenvalue weighted by Crippen LogP contribution is 2.37. The topological polar surface area (TPSA) is 32.3 Å². The number of nitrogens with one attached hydrogen (secondary N) is 1. The molecule has 0 radical (unpaired) electrons. The molecule has 6 heteroatoms. The second kappa shape index (κ2) is 5.11. The van der Waals surface area contributed by atoms with Crippen molar-refractivity contribution >= 4 is 17.3 Å². The molecule has 0 bridgehead atoms. The van der Waals surface area contributed by atoms with Crippen LogP contribution in [-0.2, 0) is 11.2 Å². The lowest BCUT2D eigenvalue weighted by atomic mass is 10.1. The highest BCUT2D eigenvalue weighted by atomic mass is 19.4. The van der Waals surface area contributed by atoms with E-state index in [4.69, 9.17) is 0 Å². The van der Waals surface area contributed by atoms with E-state index in [-0.39, 0.29) is 18.1 Å². The molecule has 1 aliphatic rings. The predicted molar refractivity (Wildman–Crippen MR) is 67.1 cm³/mol. The largest absolute Gasteiger partial charge is 0.484 e. The first kappa shape index (κ1) is 13.7. The van der Waals surface area contributed by atoms with Crippen LogP contribution in [-0.4, -0.2) is 18.8 Å². The van der Waals surface area contributed by atoms with Crippen molar-refractivity contribution in [2.75, 3.05) is 16.8 Å². The Hall–Kier alpha value is -1.72. The van der Waals surface area contributed by atoms with Crippen LogP contribution in [0.1, 0.15) is 25.3 Å². The van der Waals surface area contributed by atoms with E-state index in [2.05, 4.69) is 5.32 Å². The minimum absolute atomic E-state index is 0.0643. The summed E-state index contributed by atoms with van der Waals surface area (Å²) in [5, 5.41) is 2.69. The van der Waals surface area contributed by atoms with Crippen molar-refractivity contribution in [2.45, 2.75) is 32.5 Å². The summed E-state index contributed by atoms with van der Waals surface area (Å²) in [6.07, 6.45) is -2.87. The van der Waals surface area contributed by atoms with Crippen molar-refractivity contribution in [3.05, 3.63) is 23.8 Å². The molecule has 19 heavy (non-hydrogen) atoms. The number of nitrogens with zero attached hydrogens (tertiary/aromatic N) is 1. The molecule has 0 unspecified atom stereocenters. The van der Waals surface area contributed by atoms with Gasteiger partial charge in [0.25, 0.3) is 0 Å². The van der Waals surface area contributed by atoms with E-state index in [0.717, 1.165) is 6.42 Å². The van der Waals surface area contributed by atoms with Crippen molar-refractivity contribution in [2.24, 2.45) is 0 Å². The second-order valence-electron chi connectivity index (χ2n) is 4.51. The Morgan fingerprint density at radius 3 is 2.79 bits per heavy atom. The van der Waals surface area contributed by atoms with Crippen molar-refractivity contribution in [1.82, 2.24) is 0 Å². The van der Waals surface area contributed by atoms with E-state index in [0.29, 0.717) is 29.0 Å². The first-order valence-electron chi connectivity index (χ1n) is 6.19. The standard InChI is InChI=1S/C13H15F3N2O/c1-2-3-12(19)17-10-4-5-11-9(8-10)6-7-18(11)13(14,15)16/h4-5,8H,2-3,6-7H2,1H3,(H,17,19). The maximum absolute atomic E-state index is 12.7. The fraction of sp³-hybridized carbons (Fsp3) is 0.462. The zero-order chi connectivity index (χ0) is 14.0. The molecule has 1 N–H and O–H groups in total. The summed E-state index contributed by atoms with van der Waals surface area (Å²) in [4.78, 5) is 11.9. The number of alkyl halides is 3. The third kappa shape index (κ3) is 3.00. The molecule has 3 nitrogen and oxygen atoms in total. The minimum Gasteiger partial charge on any atom is -0.326 e. The van der Waals surface area contributed by atoms with Gasteiger partial charge in [-0.25, -0.2) is 0 Å². The number of carbonyl (C=O) groups excluding carboxylic acids is 1. The van der Waals surface area contributed by atoms with Crippen molar-refractivity contribution < 1.29 is 18.0 Å². The molecule has 0 atom stereocenters. The van der Waals surface area contributed by atoms with Gasteiger partial charge in [0.1, 0.15) is 0 Å². The summed E-state index contributed by atoms with van der Waals surface area (Å²) in [7, 11) is 0. The Balaban J connectivity index is 2.16. The van der Waals surface area contributed by atoms with Crippen molar-refractivity contribution in [3.8, 4) is 0 Å². The minimum atomic E-state index is -4.35. The van der Waals surface area contributed by atoms with Gasteiger partial charge in [-0.05, 0) is 36.6 Å². The fourth-order valence-corrected chi connectivity index (χ4v) is 2.19. The number of benzene rings is 1. The third-order valence-corrected chi connectivity index (χ3v) is 3.04. The van der Waals surface area contributed by atoms with Crippen LogP contribution in [0.25, 0.3) is 0 Å². The van der Waals surface area contributed by atoms with Crippen LogP contribution < -0.4 is 10.2 Å². The summed E-state index contributed by atoms with van der Waals surface area (Å²) in [5.41, 5.74) is 1.36. The van der Waals surface area contributed by atoms with E-state index >= 15 is 0 Å². The summed E-state index contributed by atoms with van der Waals surface area (Å²) < 4.78 is 38.1. The maximum atomic E-state index is 12.7. The predicted octanol–water partition coefficient (Wildman–Crippen LogP) is 3.31. The highest BCUT2D eigenvalue weighted by molar-refractivity contribution is 5.91. The molecule has 0 aliphatic carbocycles. The number of carbonyl (C=O) groups is 1. The molecule has 0 saturated heterocycles. The quantitative estimate of drug-likeness (QED) is 0.856. The summed E-state index contributed by atoms with van der Waals surface area (Å²) in [6.45, 7) is 1.83. The molecule has 1 aromatic carbocycles. The number of hydrogen-bond acceptors (Lipinski definition) is 2. The van der Waals surface area contributed by atoms with E-state index in [1.54, 1.807) is 6.07 Å². The van der Waals surface area contributed by atoms with E-state index < -0.39 is 6.30 Å². The molecule has 104 valence electrons. The van der Waals surface area contributed by atoms with Crippen LogP contribution >= 0.6 is 0 Å². The van der Waals surface area contributed by atoms with E-state index in [9.17, 15) is 18.0 Å². The van der Waals surface area contributed by atoms with Gasteiger partial charge < -0.3 is 5.32 Å². The normalized spacial score (nSPS) is 14.4. The van der Waals surface area contributed by atoms with E-state index in [1.165, 1.54) is 12.1 Å². The number of rotatable bonds is 3. The molecular weight excluding hydrogens is 257 g/mol. The van der Waals surface area contributed by atoms with Gasteiger partial charge in [0.15, 0.2) is 0 Å². The Labute approximate surface area is 109 Å². The SMILES string of the molecule is CCCC(=O)Nc1ccc2c(c1)CCN2C(F)(F)F. The van der Waals surface area contributed by atoms with Gasteiger partial charge in [0.2, 0.25) is 5.91 Å². The van der Waals surface area contributed by atoms with Gasteiger partial charge in [0.05, 0.1) is 0 Å². The van der Waals surface area contributed by atoms with Crippen LogP contribution in [0, 0.1) is 0 Å². The Morgan fingerprint density at radius 1 is 1.42 bits per heavy atom. The number of fused-ring (bicyclic) bond motifs is 1. The Morgan fingerprint density at radius 2 is 2.16 bits per heavy atom. The summed E-state index contributed by atoms with van der Waals surface area (Å²) >= 11 is 0. The monoisotopic (exact) mass is 272 g/mol. The molecule has 0 aromatic heterocycles. The second-order valence-corrected chi connectivity index (χ2v) is 4.51. The third-order valence-electron chi connectivity index (χ3n) is 3.04. The molecule has 1 amide bonds. The molecular formula is C13H15F3N2O. The van der Waals surface area contributed by atoms with Crippen LogP contribution in [0.3, 0.4) is 0 Å². The molecule has 1 aliphatic heterocycles. The molecule has 0 spiro atoms. The van der Waals surface area contributed by atoms with Crippen molar-refractivity contribution in [1.29, 1.82) is 0 Å². The first-order valence-corrected chi connectivity index (χ1v) is 6.19. The zero-order valence-electron chi connectivity index (χ0n) is 10.5. The number of amides is 1. The van der Waals surface area contributed by atoms with E-state index in [1.807, 2.05) is 6.92 Å². The van der Waals surface area contributed by atoms with Crippen LogP contribution in [0.5, 0.6) is 0 Å². The molecule has 0 saturated carbocycles. The van der Waals surface area contributed by atoms with Gasteiger partial charge in [0, 0.05) is 24.3 Å². The van der Waals surface area contributed by atoms with Gasteiger partial charge >= 0.3 is 6.30 Å². The zero-order valence-corrected chi connectivity index (χ0v) is 10.5. The smallest absolute Gasteiger partial charge is 0.326 e. The average molecular weight is 272 g/mol. The molecule has 2 rings (SSSR count). The Bertz CT molecular complexity index is 485. The lowest BCUT2D eigenvalue weighted by Crippen LogP contribution is -2.36. The van der Waals surface area contributed by atoms with Crippen LogP contribution in [0.15, 0.2) is 18.2 Å². The highest BCUT2D eigenvalue weighted by Gasteiger charge is 2.40. The first-order chi connectivity index (χ1) is 8.91. The van der Waals surface area contributed by atoms with Crippen molar-refractivity contribution in [3.63, 3.8) is 0 Å². The number of anilines is 2. The molecule has 1 heterocycles. The molecule has 0 fully saturated rings.